The van der Waals surface area contributed by atoms with Crippen LogP contribution in [0.15, 0.2) is 28.7 Å². The topological polar surface area (TPSA) is 34.4 Å². The Morgan fingerprint density at radius 3 is 2.72 bits per heavy atom. The first-order valence-electron chi connectivity index (χ1n) is 5.04. The van der Waals surface area contributed by atoms with E-state index in [1.54, 1.807) is 24.3 Å². The number of halogens is 4. The maximum absolute atomic E-state index is 11.8. The molecule has 3 nitrogen and oxygen atoms in total. The van der Waals surface area contributed by atoms with E-state index in [0.717, 1.165) is 5.39 Å². The van der Waals surface area contributed by atoms with E-state index in [2.05, 4.69) is 10.3 Å². The second-order valence-corrected chi connectivity index (χ2v) is 3.92. The molecule has 0 fully saturated rings. The largest absolute Gasteiger partial charge is 0.444 e. The molecule has 2 aromatic rings. The highest BCUT2D eigenvalue weighted by atomic mass is 35.5. The fourth-order valence-electron chi connectivity index (χ4n) is 1.49. The van der Waals surface area contributed by atoms with E-state index in [9.17, 15) is 13.2 Å². The molecule has 0 radical (unpaired) electrons. The number of hydrogen-bond donors (Lipinski definition) is 1. The average molecular weight is 280 g/mol. The molecule has 98 valence electrons. The lowest BCUT2D eigenvalue weighted by molar-refractivity contribution is -0.190. The molecule has 7 heteroatoms. The van der Waals surface area contributed by atoms with Crippen molar-refractivity contribution in [3.05, 3.63) is 35.0 Å². The van der Waals surface area contributed by atoms with E-state index < -0.39 is 12.8 Å². The van der Waals surface area contributed by atoms with Gasteiger partial charge in [-0.05, 0) is 17.7 Å². The molecule has 0 saturated heterocycles. The fourth-order valence-corrected chi connectivity index (χ4v) is 1.74. The summed E-state index contributed by atoms with van der Waals surface area (Å²) in [6.07, 6.45) is -4.37. The second-order valence-electron chi connectivity index (χ2n) is 3.58. The van der Waals surface area contributed by atoms with Gasteiger partial charge in [-0.25, -0.2) is 0 Å². The smallest absolute Gasteiger partial charge is 0.413 e. The Morgan fingerprint density at radius 1 is 1.28 bits per heavy atom. The van der Waals surface area contributed by atoms with Gasteiger partial charge in [0.2, 0.25) is 0 Å². The van der Waals surface area contributed by atoms with Crippen LogP contribution in [0.2, 0.25) is 5.22 Å². The van der Waals surface area contributed by atoms with E-state index in [1.807, 2.05) is 0 Å². The molecule has 1 aromatic heterocycles. The van der Waals surface area contributed by atoms with Gasteiger partial charge in [-0.1, -0.05) is 18.2 Å². The van der Waals surface area contributed by atoms with Crippen LogP contribution in [-0.4, -0.2) is 12.8 Å². The van der Waals surface area contributed by atoms with Crippen LogP contribution in [0.3, 0.4) is 0 Å². The summed E-state index contributed by atoms with van der Waals surface area (Å²) >= 11 is 5.85. The minimum Gasteiger partial charge on any atom is -0.444 e. The summed E-state index contributed by atoms with van der Waals surface area (Å²) in [5.41, 5.74) is 3.36. The Balaban J connectivity index is 2.01. The lowest BCUT2D eigenvalue weighted by Crippen LogP contribution is -2.24. The third-order valence-corrected chi connectivity index (χ3v) is 2.54. The van der Waals surface area contributed by atoms with Crippen molar-refractivity contribution < 1.29 is 22.4 Å². The van der Waals surface area contributed by atoms with E-state index >= 15 is 0 Å². The molecular formula is C11H9ClF3NO2. The van der Waals surface area contributed by atoms with Crippen LogP contribution in [0.1, 0.15) is 5.56 Å². The highest BCUT2D eigenvalue weighted by molar-refractivity contribution is 6.30. The molecule has 0 saturated carbocycles. The SMILES string of the molecule is FC(F)(F)CONCc1c(Cl)oc2ccccc12. The summed E-state index contributed by atoms with van der Waals surface area (Å²) in [6.45, 7) is -1.33. The van der Waals surface area contributed by atoms with Crippen molar-refractivity contribution in [1.82, 2.24) is 5.48 Å². The van der Waals surface area contributed by atoms with Gasteiger partial charge in [0.05, 0.1) is 6.54 Å². The van der Waals surface area contributed by atoms with Crippen molar-refractivity contribution in [3.63, 3.8) is 0 Å². The molecule has 2 rings (SSSR count). The zero-order chi connectivity index (χ0) is 13.2. The van der Waals surface area contributed by atoms with Crippen LogP contribution in [0.5, 0.6) is 0 Å². The highest BCUT2D eigenvalue weighted by Gasteiger charge is 2.27. The van der Waals surface area contributed by atoms with Crippen LogP contribution in [0.25, 0.3) is 11.0 Å². The van der Waals surface area contributed by atoms with Gasteiger partial charge in [0, 0.05) is 10.9 Å². The third-order valence-electron chi connectivity index (χ3n) is 2.24. The molecule has 0 bridgehead atoms. The maximum Gasteiger partial charge on any atom is 0.413 e. The summed E-state index contributed by atoms with van der Waals surface area (Å²) in [5.74, 6) is 0. The van der Waals surface area contributed by atoms with Gasteiger partial charge in [0.15, 0.2) is 11.8 Å². The molecular weight excluding hydrogens is 271 g/mol. The summed E-state index contributed by atoms with van der Waals surface area (Å²) in [6, 6.07) is 7.06. The number of fused-ring (bicyclic) bond motifs is 1. The summed E-state index contributed by atoms with van der Waals surface area (Å²) in [4.78, 5) is 4.30. The lowest BCUT2D eigenvalue weighted by atomic mass is 10.2. The molecule has 0 unspecified atom stereocenters. The monoisotopic (exact) mass is 279 g/mol. The normalized spacial score (nSPS) is 12.2. The number of para-hydroxylation sites is 1. The van der Waals surface area contributed by atoms with Gasteiger partial charge in [-0.15, -0.1) is 0 Å². The Morgan fingerprint density at radius 2 is 2.00 bits per heavy atom. The summed E-state index contributed by atoms with van der Waals surface area (Å²) < 4.78 is 40.8. The number of rotatable bonds is 4. The number of alkyl halides is 3. The van der Waals surface area contributed by atoms with Gasteiger partial charge in [-0.2, -0.15) is 18.7 Å². The number of hydroxylamine groups is 1. The van der Waals surface area contributed by atoms with Crippen LogP contribution in [0, 0.1) is 0 Å². The van der Waals surface area contributed by atoms with Crippen molar-refractivity contribution >= 4 is 22.6 Å². The minimum atomic E-state index is -4.37. The minimum absolute atomic E-state index is 0.0337. The van der Waals surface area contributed by atoms with E-state index in [0.29, 0.717) is 11.1 Å². The van der Waals surface area contributed by atoms with Crippen LogP contribution in [0.4, 0.5) is 13.2 Å². The Bertz CT molecular complexity index is 539. The molecule has 1 aromatic carbocycles. The second kappa shape index (κ2) is 5.17. The number of nitrogens with one attached hydrogen (secondary N) is 1. The van der Waals surface area contributed by atoms with Crippen molar-refractivity contribution in [2.75, 3.05) is 6.61 Å². The zero-order valence-corrected chi connectivity index (χ0v) is 9.81. The molecule has 0 aliphatic rings. The first-order chi connectivity index (χ1) is 8.47. The predicted molar refractivity (Wildman–Crippen MR) is 60.1 cm³/mol. The summed E-state index contributed by atoms with van der Waals surface area (Å²) in [7, 11) is 0. The first-order valence-corrected chi connectivity index (χ1v) is 5.42. The first kappa shape index (κ1) is 13.2. The molecule has 0 spiro atoms. The molecule has 0 atom stereocenters. The fraction of sp³-hybridized carbons (Fsp3) is 0.273. The van der Waals surface area contributed by atoms with Gasteiger partial charge in [0.1, 0.15) is 5.58 Å². The molecule has 1 N–H and O–H groups in total. The Hall–Kier alpha value is -1.24. The van der Waals surface area contributed by atoms with E-state index in [1.165, 1.54) is 0 Å². The van der Waals surface area contributed by atoms with Crippen molar-refractivity contribution in [2.24, 2.45) is 0 Å². The van der Waals surface area contributed by atoms with Gasteiger partial charge >= 0.3 is 6.18 Å². The number of benzene rings is 1. The maximum atomic E-state index is 11.8. The number of hydrogen-bond acceptors (Lipinski definition) is 3. The summed E-state index contributed by atoms with van der Waals surface area (Å²) in [5, 5.41) is 0.880. The molecule has 0 amide bonds. The quantitative estimate of drug-likeness (QED) is 0.685. The van der Waals surface area contributed by atoms with Crippen molar-refractivity contribution in [3.8, 4) is 0 Å². The predicted octanol–water partition coefficient (Wildman–Crippen LogP) is 3.67. The van der Waals surface area contributed by atoms with Gasteiger partial charge in [0.25, 0.3) is 0 Å². The third kappa shape index (κ3) is 3.16. The van der Waals surface area contributed by atoms with Crippen LogP contribution < -0.4 is 5.48 Å². The van der Waals surface area contributed by atoms with Gasteiger partial charge < -0.3 is 4.42 Å². The molecule has 0 aliphatic heterocycles. The van der Waals surface area contributed by atoms with Crippen LogP contribution >= 0.6 is 11.6 Å². The molecule has 0 aliphatic carbocycles. The molecule has 1 heterocycles. The van der Waals surface area contributed by atoms with Gasteiger partial charge in [-0.3, -0.25) is 4.84 Å². The number of furan rings is 1. The van der Waals surface area contributed by atoms with E-state index in [4.69, 9.17) is 16.0 Å². The van der Waals surface area contributed by atoms with Crippen LogP contribution in [-0.2, 0) is 11.4 Å². The Kier molecular flexibility index (Phi) is 3.79. The highest BCUT2D eigenvalue weighted by Crippen LogP contribution is 2.29. The van der Waals surface area contributed by atoms with Crippen molar-refractivity contribution in [1.29, 1.82) is 0 Å². The lowest BCUT2D eigenvalue weighted by Gasteiger charge is -2.07. The average Bonchev–Trinajstić information content (AvgIpc) is 2.59. The van der Waals surface area contributed by atoms with E-state index in [-0.39, 0.29) is 11.8 Å². The molecule has 18 heavy (non-hydrogen) atoms. The van der Waals surface area contributed by atoms with Crippen molar-refractivity contribution in [2.45, 2.75) is 12.7 Å². The Labute approximate surface area is 105 Å². The standard InChI is InChI=1S/C11H9ClF3NO2/c12-10-8(5-16-17-6-11(13,14)15)7-3-1-2-4-9(7)18-10/h1-4,16H,5-6H2. The zero-order valence-electron chi connectivity index (χ0n) is 9.05.